The van der Waals surface area contributed by atoms with Crippen LogP contribution in [0, 0.1) is 11.3 Å². The lowest BCUT2D eigenvalue weighted by Crippen LogP contribution is -2.42. The standard InChI is InChI=1S/C16H25NO4SSi/c1-16(2,3)23(5,6)20-12-15(21-22(4,18)19)14-9-7-13(11-17)8-10-14/h7-10,15H,12H2,1-6H3/t15-/m1/s1. The molecule has 0 N–H and O–H groups in total. The Kier molecular flexibility index (Phi) is 6.16. The average Bonchev–Trinajstić information content (AvgIpc) is 2.41. The Morgan fingerprint density at radius 3 is 2.13 bits per heavy atom. The zero-order valence-electron chi connectivity index (χ0n) is 14.6. The molecular weight excluding hydrogens is 330 g/mol. The largest absolute Gasteiger partial charge is 0.414 e. The summed E-state index contributed by atoms with van der Waals surface area (Å²) in [4.78, 5) is 0. The van der Waals surface area contributed by atoms with Crippen LogP contribution in [0.4, 0.5) is 0 Å². The van der Waals surface area contributed by atoms with Crippen LogP contribution in [0.15, 0.2) is 24.3 Å². The van der Waals surface area contributed by atoms with E-state index in [2.05, 4.69) is 33.9 Å². The highest BCUT2D eigenvalue weighted by atomic mass is 32.2. The molecule has 0 aliphatic rings. The van der Waals surface area contributed by atoms with Gasteiger partial charge in [0.15, 0.2) is 8.32 Å². The van der Waals surface area contributed by atoms with Gasteiger partial charge in [0.25, 0.3) is 10.1 Å². The minimum atomic E-state index is -3.62. The Bertz CT molecular complexity index is 670. The Morgan fingerprint density at radius 2 is 1.74 bits per heavy atom. The van der Waals surface area contributed by atoms with Gasteiger partial charge in [-0.05, 0) is 35.8 Å². The molecule has 0 heterocycles. The van der Waals surface area contributed by atoms with Crippen LogP contribution < -0.4 is 0 Å². The summed E-state index contributed by atoms with van der Waals surface area (Å²) in [5.41, 5.74) is 1.19. The van der Waals surface area contributed by atoms with Crippen LogP contribution in [0.1, 0.15) is 38.0 Å². The van der Waals surface area contributed by atoms with Gasteiger partial charge in [0.1, 0.15) is 6.10 Å². The molecule has 0 spiro atoms. The van der Waals surface area contributed by atoms with E-state index in [1.54, 1.807) is 24.3 Å². The van der Waals surface area contributed by atoms with Crippen molar-refractivity contribution >= 4 is 18.4 Å². The maximum atomic E-state index is 11.5. The molecule has 1 aromatic carbocycles. The summed E-state index contributed by atoms with van der Waals surface area (Å²) in [6.45, 7) is 10.7. The second-order valence-corrected chi connectivity index (χ2v) is 13.5. The van der Waals surface area contributed by atoms with Crippen LogP contribution in [0.5, 0.6) is 0 Å². The van der Waals surface area contributed by atoms with Crippen molar-refractivity contribution < 1.29 is 17.0 Å². The van der Waals surface area contributed by atoms with Gasteiger partial charge in [-0.1, -0.05) is 32.9 Å². The van der Waals surface area contributed by atoms with Crippen molar-refractivity contribution in [1.82, 2.24) is 0 Å². The number of nitriles is 1. The minimum absolute atomic E-state index is 0.0211. The molecule has 5 nitrogen and oxygen atoms in total. The zero-order valence-corrected chi connectivity index (χ0v) is 16.4. The molecule has 0 radical (unpaired) electrons. The monoisotopic (exact) mass is 355 g/mol. The van der Waals surface area contributed by atoms with Crippen LogP contribution in [0.2, 0.25) is 18.1 Å². The third-order valence-electron chi connectivity index (χ3n) is 4.10. The van der Waals surface area contributed by atoms with E-state index in [0.29, 0.717) is 11.1 Å². The molecule has 1 atom stereocenters. The van der Waals surface area contributed by atoms with Crippen LogP contribution in [-0.2, 0) is 18.7 Å². The smallest absolute Gasteiger partial charge is 0.265 e. The average molecular weight is 356 g/mol. The zero-order chi connectivity index (χ0) is 17.9. The molecule has 1 rings (SSSR count). The normalized spacial score (nSPS) is 14.3. The number of hydrogen-bond acceptors (Lipinski definition) is 5. The molecule has 0 aromatic heterocycles. The number of rotatable bonds is 6. The molecule has 7 heteroatoms. The van der Waals surface area contributed by atoms with Crippen LogP contribution in [0.25, 0.3) is 0 Å². The Labute approximate surface area is 140 Å². The Morgan fingerprint density at radius 1 is 1.22 bits per heavy atom. The highest BCUT2D eigenvalue weighted by molar-refractivity contribution is 7.86. The summed E-state index contributed by atoms with van der Waals surface area (Å²) in [6, 6.07) is 8.71. The molecule has 0 saturated carbocycles. The van der Waals surface area contributed by atoms with Crippen LogP contribution >= 0.6 is 0 Å². The van der Waals surface area contributed by atoms with Gasteiger partial charge in [-0.15, -0.1) is 0 Å². The fraction of sp³-hybridized carbons (Fsp3) is 0.562. The van der Waals surface area contributed by atoms with Crippen molar-refractivity contribution in [2.24, 2.45) is 0 Å². The summed E-state index contributed by atoms with van der Waals surface area (Å²) in [7, 11) is -5.64. The first-order chi connectivity index (χ1) is 10.4. The van der Waals surface area contributed by atoms with Gasteiger partial charge < -0.3 is 4.43 Å². The molecular formula is C16H25NO4SSi. The van der Waals surface area contributed by atoms with E-state index in [-0.39, 0.29) is 11.6 Å². The maximum Gasteiger partial charge on any atom is 0.265 e. The molecule has 0 aliphatic carbocycles. The molecule has 0 bridgehead atoms. The van der Waals surface area contributed by atoms with Crippen molar-refractivity contribution in [3.63, 3.8) is 0 Å². The third kappa shape index (κ3) is 6.07. The van der Waals surface area contributed by atoms with Gasteiger partial charge >= 0.3 is 0 Å². The summed E-state index contributed by atoms with van der Waals surface area (Å²) in [6.07, 6.45) is 0.308. The van der Waals surface area contributed by atoms with E-state index >= 15 is 0 Å². The second kappa shape index (κ2) is 7.14. The minimum Gasteiger partial charge on any atom is -0.414 e. The molecule has 0 unspecified atom stereocenters. The molecule has 1 aromatic rings. The summed E-state index contributed by atoms with van der Waals surface area (Å²) < 4.78 is 34.4. The molecule has 128 valence electrons. The molecule has 0 fully saturated rings. The first-order valence-electron chi connectivity index (χ1n) is 7.38. The first kappa shape index (κ1) is 19.8. The topological polar surface area (TPSA) is 76.4 Å². The van der Waals surface area contributed by atoms with Gasteiger partial charge in [-0.3, -0.25) is 4.18 Å². The molecule has 0 aliphatic heterocycles. The first-order valence-corrected chi connectivity index (χ1v) is 12.1. The van der Waals surface area contributed by atoms with Gasteiger partial charge in [-0.25, -0.2) is 0 Å². The summed E-state index contributed by atoms with van der Waals surface area (Å²) >= 11 is 0. The maximum absolute atomic E-state index is 11.5. The number of hydrogen-bond donors (Lipinski definition) is 0. The highest BCUT2D eigenvalue weighted by Crippen LogP contribution is 2.37. The van der Waals surface area contributed by atoms with Gasteiger partial charge in [0.2, 0.25) is 0 Å². The predicted molar refractivity (Wildman–Crippen MR) is 93.0 cm³/mol. The fourth-order valence-corrected chi connectivity index (χ4v) is 3.25. The Balaban J connectivity index is 3.00. The number of benzene rings is 1. The van der Waals surface area contributed by atoms with Gasteiger partial charge in [-0.2, -0.15) is 13.7 Å². The second-order valence-electron chi connectivity index (χ2n) is 7.09. The van der Waals surface area contributed by atoms with Crippen molar-refractivity contribution in [3.05, 3.63) is 35.4 Å². The third-order valence-corrected chi connectivity index (χ3v) is 9.19. The lowest BCUT2D eigenvalue weighted by atomic mass is 10.1. The predicted octanol–water partition coefficient (Wildman–Crippen LogP) is 3.60. The Hall–Kier alpha value is -1.20. The van der Waals surface area contributed by atoms with E-state index in [0.717, 1.165) is 6.26 Å². The van der Waals surface area contributed by atoms with Crippen molar-refractivity contribution in [2.75, 3.05) is 12.9 Å². The highest BCUT2D eigenvalue weighted by Gasteiger charge is 2.38. The quantitative estimate of drug-likeness (QED) is 0.575. The summed E-state index contributed by atoms with van der Waals surface area (Å²) in [5, 5.41) is 8.88. The van der Waals surface area contributed by atoms with E-state index in [4.69, 9.17) is 13.9 Å². The van der Waals surface area contributed by atoms with Crippen LogP contribution in [0.3, 0.4) is 0 Å². The lowest BCUT2D eigenvalue weighted by Gasteiger charge is -2.37. The van der Waals surface area contributed by atoms with E-state index < -0.39 is 24.5 Å². The van der Waals surface area contributed by atoms with Crippen molar-refractivity contribution in [1.29, 1.82) is 5.26 Å². The van der Waals surface area contributed by atoms with Crippen molar-refractivity contribution in [3.8, 4) is 6.07 Å². The van der Waals surface area contributed by atoms with E-state index in [1.807, 2.05) is 6.07 Å². The van der Waals surface area contributed by atoms with Crippen LogP contribution in [-0.4, -0.2) is 29.6 Å². The van der Waals surface area contributed by atoms with Gasteiger partial charge in [0.05, 0.1) is 24.5 Å². The van der Waals surface area contributed by atoms with E-state index in [1.165, 1.54) is 0 Å². The SMILES string of the molecule is CC(C)(C)[Si](C)(C)OC[C@@H](OS(C)(=O)=O)c1ccc(C#N)cc1. The molecule has 0 saturated heterocycles. The molecule has 0 amide bonds. The molecule has 23 heavy (non-hydrogen) atoms. The fourth-order valence-electron chi connectivity index (χ4n) is 1.66. The number of nitrogens with zero attached hydrogens (tertiary/aromatic N) is 1. The van der Waals surface area contributed by atoms with E-state index in [9.17, 15) is 8.42 Å². The van der Waals surface area contributed by atoms with Crippen molar-refractivity contribution in [2.45, 2.75) is 45.0 Å². The lowest BCUT2D eigenvalue weighted by molar-refractivity contribution is 0.127. The summed E-state index contributed by atoms with van der Waals surface area (Å²) in [5.74, 6) is 0. The van der Waals surface area contributed by atoms with Gasteiger partial charge in [0, 0.05) is 0 Å².